The van der Waals surface area contributed by atoms with Gasteiger partial charge in [-0.15, -0.1) is 11.3 Å². The molecule has 15 heavy (non-hydrogen) atoms. The van der Waals surface area contributed by atoms with Gasteiger partial charge >= 0.3 is 0 Å². The van der Waals surface area contributed by atoms with E-state index in [4.69, 9.17) is 4.74 Å². The Hall–Kier alpha value is 0.100. The summed E-state index contributed by atoms with van der Waals surface area (Å²) in [5, 5.41) is 12.2. The molecule has 0 radical (unpaired) electrons. The summed E-state index contributed by atoms with van der Waals surface area (Å²) in [6.07, 6.45) is -0.781. The third-order valence-electron chi connectivity index (χ3n) is 2.31. The first-order valence-electron chi connectivity index (χ1n) is 4.81. The standard InChI is InChI=1S/C11H17BrO2S/c1-11(2,3)10(14-4)8(13)9-7(12)5-6-15-9/h5-6,8,10,13H,1-4H3. The van der Waals surface area contributed by atoms with E-state index in [0.717, 1.165) is 9.35 Å². The molecule has 2 nitrogen and oxygen atoms in total. The summed E-state index contributed by atoms with van der Waals surface area (Å²) < 4.78 is 6.34. The fourth-order valence-electron chi connectivity index (χ4n) is 1.61. The molecule has 1 aromatic heterocycles. The van der Waals surface area contributed by atoms with Gasteiger partial charge in [0.1, 0.15) is 6.10 Å². The molecule has 0 fully saturated rings. The highest BCUT2D eigenvalue weighted by atomic mass is 79.9. The highest BCUT2D eigenvalue weighted by Crippen LogP contribution is 2.37. The molecular weight excluding hydrogens is 276 g/mol. The quantitative estimate of drug-likeness (QED) is 0.922. The molecule has 0 bridgehead atoms. The van der Waals surface area contributed by atoms with Gasteiger partial charge in [-0.05, 0) is 32.8 Å². The first-order chi connectivity index (χ1) is 6.88. The first kappa shape index (κ1) is 13.2. The molecule has 0 aliphatic heterocycles. The minimum absolute atomic E-state index is 0.0857. The van der Waals surface area contributed by atoms with E-state index in [1.165, 1.54) is 0 Å². The van der Waals surface area contributed by atoms with Crippen molar-refractivity contribution in [2.24, 2.45) is 5.41 Å². The van der Waals surface area contributed by atoms with Crippen LogP contribution >= 0.6 is 27.3 Å². The largest absolute Gasteiger partial charge is 0.385 e. The van der Waals surface area contributed by atoms with Crippen molar-refractivity contribution in [3.8, 4) is 0 Å². The lowest BCUT2D eigenvalue weighted by Crippen LogP contribution is -2.34. The number of aliphatic hydroxyl groups excluding tert-OH is 1. The molecule has 2 unspecified atom stereocenters. The van der Waals surface area contributed by atoms with Crippen LogP contribution in [0.4, 0.5) is 0 Å². The van der Waals surface area contributed by atoms with E-state index in [0.29, 0.717) is 0 Å². The van der Waals surface area contributed by atoms with Crippen molar-refractivity contribution in [1.29, 1.82) is 0 Å². The molecule has 86 valence electrons. The van der Waals surface area contributed by atoms with Crippen molar-refractivity contribution in [2.75, 3.05) is 7.11 Å². The Morgan fingerprint density at radius 2 is 2.07 bits per heavy atom. The highest BCUT2D eigenvalue weighted by molar-refractivity contribution is 9.10. The fraction of sp³-hybridized carbons (Fsp3) is 0.636. The van der Waals surface area contributed by atoms with Crippen LogP contribution in [0.15, 0.2) is 15.9 Å². The molecule has 1 rings (SSSR count). The van der Waals surface area contributed by atoms with Crippen LogP contribution in [0.25, 0.3) is 0 Å². The van der Waals surface area contributed by atoms with Crippen LogP contribution < -0.4 is 0 Å². The molecule has 0 saturated carbocycles. The van der Waals surface area contributed by atoms with Crippen molar-refractivity contribution in [3.63, 3.8) is 0 Å². The summed E-state index contributed by atoms with van der Waals surface area (Å²) in [5.74, 6) is 0. The molecule has 0 saturated heterocycles. The van der Waals surface area contributed by atoms with Gasteiger partial charge in [0.2, 0.25) is 0 Å². The lowest BCUT2D eigenvalue weighted by atomic mass is 9.85. The normalized spacial score (nSPS) is 16.4. The van der Waals surface area contributed by atoms with Crippen LogP contribution in [0.3, 0.4) is 0 Å². The molecular formula is C11H17BrO2S. The SMILES string of the molecule is COC(C(O)c1sccc1Br)C(C)(C)C. The van der Waals surface area contributed by atoms with Gasteiger partial charge in [-0.2, -0.15) is 0 Å². The number of rotatable bonds is 3. The smallest absolute Gasteiger partial charge is 0.116 e. The van der Waals surface area contributed by atoms with E-state index < -0.39 is 6.10 Å². The monoisotopic (exact) mass is 292 g/mol. The molecule has 0 aliphatic rings. The van der Waals surface area contributed by atoms with Crippen LogP contribution in [-0.2, 0) is 4.74 Å². The highest BCUT2D eigenvalue weighted by Gasteiger charge is 2.33. The Labute approximate surface area is 103 Å². The van der Waals surface area contributed by atoms with Crippen molar-refractivity contribution in [1.82, 2.24) is 0 Å². The molecule has 0 spiro atoms. The van der Waals surface area contributed by atoms with Crippen molar-refractivity contribution < 1.29 is 9.84 Å². The third kappa shape index (κ3) is 3.03. The van der Waals surface area contributed by atoms with Gasteiger partial charge in [0.25, 0.3) is 0 Å². The van der Waals surface area contributed by atoms with Gasteiger partial charge in [-0.3, -0.25) is 0 Å². The third-order valence-corrected chi connectivity index (χ3v) is 4.25. The molecule has 1 heterocycles. The summed E-state index contributed by atoms with van der Waals surface area (Å²) in [7, 11) is 1.64. The maximum absolute atomic E-state index is 10.2. The van der Waals surface area contributed by atoms with Crippen LogP contribution in [0.2, 0.25) is 0 Å². The van der Waals surface area contributed by atoms with Gasteiger partial charge in [0.05, 0.1) is 6.10 Å². The zero-order chi connectivity index (χ0) is 11.6. The van der Waals surface area contributed by atoms with Gasteiger partial charge in [0, 0.05) is 16.5 Å². The van der Waals surface area contributed by atoms with Crippen LogP contribution in [-0.4, -0.2) is 18.3 Å². The first-order valence-corrected chi connectivity index (χ1v) is 6.49. The van der Waals surface area contributed by atoms with Crippen molar-refractivity contribution in [3.05, 3.63) is 20.8 Å². The maximum Gasteiger partial charge on any atom is 0.116 e. The molecule has 1 N–H and O–H groups in total. The number of hydrogen-bond acceptors (Lipinski definition) is 3. The average Bonchev–Trinajstić information content (AvgIpc) is 2.49. The number of halogens is 1. The van der Waals surface area contributed by atoms with Crippen LogP contribution in [0.5, 0.6) is 0 Å². The Morgan fingerprint density at radius 3 is 2.40 bits per heavy atom. The van der Waals surface area contributed by atoms with Crippen LogP contribution in [0.1, 0.15) is 31.8 Å². The Morgan fingerprint density at radius 1 is 1.47 bits per heavy atom. The number of hydrogen-bond donors (Lipinski definition) is 1. The summed E-state index contributed by atoms with van der Waals surface area (Å²) in [5.41, 5.74) is -0.0857. The predicted octanol–water partition coefficient (Wildman–Crippen LogP) is 3.61. The summed E-state index contributed by atoms with van der Waals surface area (Å²) >= 11 is 4.97. The molecule has 0 amide bonds. The minimum atomic E-state index is -0.579. The fourth-order valence-corrected chi connectivity index (χ4v) is 3.23. The van der Waals surface area contributed by atoms with E-state index in [9.17, 15) is 5.11 Å². The number of aliphatic hydroxyl groups is 1. The molecule has 0 aromatic carbocycles. The Kier molecular flexibility index (Phi) is 4.35. The number of ether oxygens (including phenoxy) is 1. The zero-order valence-corrected chi connectivity index (χ0v) is 11.9. The predicted molar refractivity (Wildman–Crippen MR) is 67.2 cm³/mol. The summed E-state index contributed by atoms with van der Waals surface area (Å²) in [6.45, 7) is 6.18. The number of methoxy groups -OCH3 is 1. The zero-order valence-electron chi connectivity index (χ0n) is 9.45. The molecule has 1 aromatic rings. The lowest BCUT2D eigenvalue weighted by Gasteiger charge is -2.32. The molecule has 4 heteroatoms. The average molecular weight is 293 g/mol. The second-order valence-corrected chi connectivity index (χ2v) is 6.40. The molecule has 0 aliphatic carbocycles. The Balaban J connectivity index is 2.92. The van der Waals surface area contributed by atoms with Gasteiger partial charge in [-0.25, -0.2) is 0 Å². The van der Waals surface area contributed by atoms with Gasteiger partial charge < -0.3 is 9.84 Å². The second kappa shape index (κ2) is 4.95. The van der Waals surface area contributed by atoms with Crippen molar-refractivity contribution in [2.45, 2.75) is 33.0 Å². The Bertz CT molecular complexity index is 317. The van der Waals surface area contributed by atoms with Gasteiger partial charge in [0.15, 0.2) is 0 Å². The van der Waals surface area contributed by atoms with E-state index in [-0.39, 0.29) is 11.5 Å². The minimum Gasteiger partial charge on any atom is -0.385 e. The summed E-state index contributed by atoms with van der Waals surface area (Å²) in [4.78, 5) is 0.928. The van der Waals surface area contributed by atoms with E-state index >= 15 is 0 Å². The second-order valence-electron chi connectivity index (χ2n) is 4.60. The van der Waals surface area contributed by atoms with E-state index in [1.54, 1.807) is 18.4 Å². The van der Waals surface area contributed by atoms with E-state index in [2.05, 4.69) is 36.7 Å². The maximum atomic E-state index is 10.2. The van der Waals surface area contributed by atoms with E-state index in [1.807, 2.05) is 11.4 Å². The van der Waals surface area contributed by atoms with Crippen LogP contribution in [0, 0.1) is 5.41 Å². The molecule has 2 atom stereocenters. The van der Waals surface area contributed by atoms with Gasteiger partial charge in [-0.1, -0.05) is 20.8 Å². The van der Waals surface area contributed by atoms with Crippen molar-refractivity contribution >= 4 is 27.3 Å². The topological polar surface area (TPSA) is 29.5 Å². The number of thiophene rings is 1. The summed E-state index contributed by atoms with van der Waals surface area (Å²) in [6, 6.07) is 1.94. The lowest BCUT2D eigenvalue weighted by molar-refractivity contribution is -0.0712.